The lowest BCUT2D eigenvalue weighted by atomic mass is 9.89. The van der Waals surface area contributed by atoms with Crippen molar-refractivity contribution in [1.82, 2.24) is 21.2 Å². The molecule has 0 radical (unpaired) electrons. The average molecular weight is 466 g/mol. The van der Waals surface area contributed by atoms with Crippen molar-refractivity contribution in [3.05, 3.63) is 64.5 Å². The van der Waals surface area contributed by atoms with Crippen LogP contribution in [0.15, 0.2) is 36.4 Å². The normalized spacial score (nSPS) is 28.1. The van der Waals surface area contributed by atoms with Crippen molar-refractivity contribution < 1.29 is 13.9 Å². The highest BCUT2D eigenvalue weighted by molar-refractivity contribution is 5.94. The number of rotatable bonds is 3. The lowest BCUT2D eigenvalue weighted by Gasteiger charge is -2.38. The zero-order valence-corrected chi connectivity index (χ0v) is 19.5. The van der Waals surface area contributed by atoms with Crippen molar-refractivity contribution in [3.63, 3.8) is 0 Å². The number of carbonyl (C=O) groups is 1. The second-order valence-electron chi connectivity index (χ2n) is 9.96. The fraction of sp³-hybridized carbons (Fsp3) is 0.500. The molecule has 3 fully saturated rings. The number of nitrogens with zero attached hydrogens (tertiary/aromatic N) is 2. The third-order valence-corrected chi connectivity index (χ3v) is 7.89. The number of amides is 1. The molecule has 3 unspecified atom stereocenters. The van der Waals surface area contributed by atoms with Crippen LogP contribution in [0.25, 0.3) is 0 Å². The molecular weight excluding hydrogens is 433 g/mol. The minimum atomic E-state index is -0.391. The van der Waals surface area contributed by atoms with Crippen molar-refractivity contribution in [2.24, 2.45) is 0 Å². The van der Waals surface area contributed by atoms with Crippen LogP contribution in [0.4, 0.5) is 10.1 Å². The molecule has 0 spiro atoms. The van der Waals surface area contributed by atoms with Crippen molar-refractivity contribution >= 4 is 11.6 Å². The third kappa shape index (κ3) is 3.93. The number of fused-ring (bicyclic) bond motifs is 2. The number of ether oxygens (including phenoxy) is 1. The summed E-state index contributed by atoms with van der Waals surface area (Å²) in [5.74, 6) is -0.527. The van der Waals surface area contributed by atoms with Crippen molar-refractivity contribution in [1.29, 1.82) is 0 Å². The van der Waals surface area contributed by atoms with Gasteiger partial charge in [0.2, 0.25) is 5.91 Å². The fourth-order valence-electron chi connectivity index (χ4n) is 5.99. The average Bonchev–Trinajstić information content (AvgIpc) is 3.26. The van der Waals surface area contributed by atoms with Crippen LogP contribution in [-0.4, -0.2) is 48.7 Å². The van der Waals surface area contributed by atoms with Crippen LogP contribution < -0.4 is 21.3 Å². The Kier molecular flexibility index (Phi) is 5.87. The van der Waals surface area contributed by atoms with Crippen LogP contribution in [0.1, 0.15) is 47.6 Å². The predicted molar refractivity (Wildman–Crippen MR) is 127 cm³/mol. The highest BCUT2D eigenvalue weighted by Crippen LogP contribution is 2.34. The topological polar surface area (TPSA) is 68.9 Å². The number of para-hydroxylation sites is 1. The molecule has 0 saturated carbocycles. The number of anilines is 1. The molecule has 3 atom stereocenters. The van der Waals surface area contributed by atoms with Crippen molar-refractivity contribution in [2.45, 2.75) is 63.3 Å². The number of hydrogen-bond acceptors (Lipinski definition) is 6. The molecule has 0 aromatic heterocycles. The molecule has 0 aliphatic carbocycles. The summed E-state index contributed by atoms with van der Waals surface area (Å²) in [5.41, 5.74) is 15.1. The van der Waals surface area contributed by atoms with E-state index in [0.29, 0.717) is 18.2 Å². The Morgan fingerprint density at radius 1 is 1.09 bits per heavy atom. The van der Waals surface area contributed by atoms with Crippen LogP contribution >= 0.6 is 0 Å². The van der Waals surface area contributed by atoms with Crippen molar-refractivity contribution in [3.8, 4) is 0 Å². The fourth-order valence-corrected chi connectivity index (χ4v) is 5.99. The van der Waals surface area contributed by atoms with Gasteiger partial charge < -0.3 is 4.74 Å². The zero-order chi connectivity index (χ0) is 23.2. The first kappa shape index (κ1) is 22.1. The van der Waals surface area contributed by atoms with E-state index in [1.807, 2.05) is 13.0 Å². The van der Waals surface area contributed by atoms with Crippen LogP contribution in [0.5, 0.6) is 0 Å². The molecule has 6 rings (SSSR count). The van der Waals surface area contributed by atoms with Gasteiger partial charge in [-0.25, -0.2) is 20.3 Å². The summed E-state index contributed by atoms with van der Waals surface area (Å²) in [6.45, 7) is 5.64. The third-order valence-electron chi connectivity index (χ3n) is 7.89. The number of aryl methyl sites for hydroxylation is 1. The van der Waals surface area contributed by atoms with Gasteiger partial charge in [-0.2, -0.15) is 0 Å². The molecule has 34 heavy (non-hydrogen) atoms. The van der Waals surface area contributed by atoms with Crippen LogP contribution in [0.3, 0.4) is 0 Å². The summed E-state index contributed by atoms with van der Waals surface area (Å²) in [4.78, 5) is 15.5. The second kappa shape index (κ2) is 9.02. The molecule has 4 aliphatic rings. The SMILES string of the molecule is Cc1cccc(F)c1N1NC2C(CC1=O)NNC2c1ccc2c(c1)CCN(C1CCOCC1)C2. The molecule has 2 aromatic carbocycles. The summed E-state index contributed by atoms with van der Waals surface area (Å²) in [7, 11) is 0. The van der Waals surface area contributed by atoms with Gasteiger partial charge in [0, 0.05) is 44.8 Å². The Morgan fingerprint density at radius 2 is 1.94 bits per heavy atom. The lowest BCUT2D eigenvalue weighted by Crippen LogP contribution is -2.60. The largest absolute Gasteiger partial charge is 0.381 e. The van der Waals surface area contributed by atoms with Crippen molar-refractivity contribution in [2.75, 3.05) is 24.8 Å². The molecule has 4 heterocycles. The minimum absolute atomic E-state index is 0.0218. The first-order chi connectivity index (χ1) is 16.6. The van der Waals surface area contributed by atoms with E-state index < -0.39 is 5.82 Å². The van der Waals surface area contributed by atoms with Gasteiger partial charge in [-0.1, -0.05) is 30.3 Å². The van der Waals surface area contributed by atoms with E-state index in [-0.39, 0.29) is 24.0 Å². The maximum absolute atomic E-state index is 14.7. The van der Waals surface area contributed by atoms with Gasteiger partial charge in [-0.05, 0) is 54.5 Å². The monoisotopic (exact) mass is 465 g/mol. The molecule has 2 aromatic rings. The van der Waals surface area contributed by atoms with E-state index in [4.69, 9.17) is 4.74 Å². The number of halogens is 1. The maximum atomic E-state index is 14.7. The first-order valence-corrected chi connectivity index (χ1v) is 12.4. The molecule has 1 amide bonds. The van der Waals surface area contributed by atoms with Gasteiger partial charge in [0.15, 0.2) is 0 Å². The van der Waals surface area contributed by atoms with Gasteiger partial charge in [0.05, 0.1) is 17.8 Å². The Morgan fingerprint density at radius 3 is 2.76 bits per heavy atom. The predicted octanol–water partition coefficient (Wildman–Crippen LogP) is 2.50. The molecule has 0 bridgehead atoms. The molecular formula is C26H32FN5O2. The van der Waals surface area contributed by atoms with Crippen LogP contribution in [0, 0.1) is 12.7 Å². The van der Waals surface area contributed by atoms with Gasteiger partial charge in [-0.3, -0.25) is 15.1 Å². The van der Waals surface area contributed by atoms with Gasteiger partial charge in [0.1, 0.15) is 5.82 Å². The van der Waals surface area contributed by atoms with E-state index >= 15 is 0 Å². The van der Waals surface area contributed by atoms with Gasteiger partial charge in [-0.15, -0.1) is 0 Å². The number of hydrazine groups is 2. The minimum Gasteiger partial charge on any atom is -0.381 e. The lowest BCUT2D eigenvalue weighted by molar-refractivity contribution is -0.121. The summed E-state index contributed by atoms with van der Waals surface area (Å²) in [6.07, 6.45) is 3.59. The van der Waals surface area contributed by atoms with Crippen LogP contribution in [0.2, 0.25) is 0 Å². The highest BCUT2D eigenvalue weighted by Gasteiger charge is 2.44. The molecule has 180 valence electrons. The molecule has 4 aliphatic heterocycles. The number of carbonyl (C=O) groups excluding carboxylic acids is 1. The van der Waals surface area contributed by atoms with E-state index in [9.17, 15) is 9.18 Å². The summed E-state index contributed by atoms with van der Waals surface area (Å²) in [5, 5.41) is 1.41. The smallest absolute Gasteiger partial charge is 0.243 e. The molecule has 8 heteroatoms. The molecule has 7 nitrogen and oxygen atoms in total. The van der Waals surface area contributed by atoms with Gasteiger partial charge >= 0.3 is 0 Å². The Hall–Kier alpha value is -2.36. The summed E-state index contributed by atoms with van der Waals surface area (Å²) >= 11 is 0. The van der Waals surface area contributed by atoms with Crippen LogP contribution in [-0.2, 0) is 22.5 Å². The molecule has 3 N–H and O–H groups in total. The highest BCUT2D eigenvalue weighted by atomic mass is 19.1. The number of benzene rings is 2. The Bertz CT molecular complexity index is 1070. The van der Waals surface area contributed by atoms with E-state index in [0.717, 1.165) is 51.1 Å². The zero-order valence-electron chi connectivity index (χ0n) is 19.5. The quantitative estimate of drug-likeness (QED) is 0.647. The van der Waals surface area contributed by atoms with E-state index in [2.05, 4.69) is 39.4 Å². The Balaban J connectivity index is 1.21. The summed E-state index contributed by atoms with van der Waals surface area (Å²) in [6, 6.07) is 12.2. The van der Waals surface area contributed by atoms with Gasteiger partial charge in [0.25, 0.3) is 0 Å². The maximum Gasteiger partial charge on any atom is 0.243 e. The summed E-state index contributed by atoms with van der Waals surface area (Å²) < 4.78 is 20.2. The second-order valence-corrected chi connectivity index (χ2v) is 9.96. The Labute approximate surface area is 199 Å². The first-order valence-electron chi connectivity index (χ1n) is 12.4. The number of nitrogens with one attached hydrogen (secondary N) is 3. The standard InChI is InChI=1S/C26H32FN5O2/c1-16-3-2-4-21(27)26(16)32-23(33)14-22-25(30-32)24(29-28-22)18-5-6-19-15-31(10-7-17(19)13-18)20-8-11-34-12-9-20/h2-6,13,20,22,24-25,28-30H,7-12,14-15H2,1H3. The molecule has 3 saturated heterocycles. The van der Waals surface area contributed by atoms with E-state index in [1.54, 1.807) is 6.07 Å². The number of hydrogen-bond donors (Lipinski definition) is 3. The van der Waals surface area contributed by atoms with E-state index in [1.165, 1.54) is 27.8 Å².